The molecule has 1 aromatic carbocycles. The van der Waals surface area contributed by atoms with Gasteiger partial charge in [0.25, 0.3) is 0 Å². The molecule has 0 saturated heterocycles. The molecule has 1 aromatic rings. The van der Waals surface area contributed by atoms with Gasteiger partial charge in [-0.15, -0.1) is 0 Å². The molecule has 1 aliphatic rings. The Balaban J connectivity index is 1.96. The quantitative estimate of drug-likeness (QED) is 0.834. The second-order valence-corrected chi connectivity index (χ2v) is 7.32. The van der Waals surface area contributed by atoms with Crippen LogP contribution in [0.4, 0.5) is 5.69 Å². The van der Waals surface area contributed by atoms with E-state index in [1.165, 1.54) is 25.7 Å². The van der Waals surface area contributed by atoms with E-state index in [9.17, 15) is 5.11 Å². The van der Waals surface area contributed by atoms with Crippen molar-refractivity contribution in [3.63, 3.8) is 0 Å². The topological polar surface area (TPSA) is 32.3 Å². The molecule has 0 spiro atoms. The average Bonchev–Trinajstić information content (AvgIpc) is 2.38. The van der Waals surface area contributed by atoms with E-state index in [2.05, 4.69) is 32.2 Å². The van der Waals surface area contributed by atoms with E-state index < -0.39 is 6.10 Å². The van der Waals surface area contributed by atoms with Crippen molar-refractivity contribution in [2.45, 2.75) is 65.5 Å². The number of para-hydroxylation sites is 1. The highest BCUT2D eigenvalue weighted by molar-refractivity contribution is 5.52. The molecule has 2 heteroatoms. The Hall–Kier alpha value is -1.02. The molecule has 1 aliphatic carbocycles. The number of benzene rings is 1. The minimum absolute atomic E-state index is 0.412. The second kappa shape index (κ2) is 6.17. The Bertz CT molecular complexity index is 425. The first kappa shape index (κ1) is 15.4. The average molecular weight is 275 g/mol. The number of hydrogen-bond donors (Lipinski definition) is 2. The fourth-order valence-electron chi connectivity index (χ4n) is 3.32. The zero-order chi connectivity index (χ0) is 14.8. The third-order valence-electron chi connectivity index (χ3n) is 4.72. The van der Waals surface area contributed by atoms with E-state index in [1.54, 1.807) is 0 Å². The van der Waals surface area contributed by atoms with Crippen LogP contribution < -0.4 is 5.32 Å². The highest BCUT2D eigenvalue weighted by Gasteiger charge is 2.29. The van der Waals surface area contributed by atoms with Gasteiger partial charge in [0.2, 0.25) is 0 Å². The van der Waals surface area contributed by atoms with Gasteiger partial charge >= 0.3 is 0 Å². The lowest BCUT2D eigenvalue weighted by Gasteiger charge is -2.37. The van der Waals surface area contributed by atoms with E-state index in [0.717, 1.165) is 17.2 Å². The molecule has 112 valence electrons. The van der Waals surface area contributed by atoms with Crippen LogP contribution in [0.1, 0.15) is 65.0 Å². The van der Waals surface area contributed by atoms with Crippen LogP contribution >= 0.6 is 0 Å². The molecule has 0 radical (unpaired) electrons. The molecule has 2 rings (SSSR count). The molecule has 2 N–H and O–H groups in total. The standard InChI is InChI=1S/C18H29NO/c1-13(20)16-7-5-6-8-17(16)19-15-11-9-14(10-12-15)18(2,3)4/h5-8,13-15,19-20H,9-12H2,1-4H3. The van der Waals surface area contributed by atoms with Gasteiger partial charge in [-0.1, -0.05) is 39.0 Å². The summed E-state index contributed by atoms with van der Waals surface area (Å²) in [4.78, 5) is 0. The summed E-state index contributed by atoms with van der Waals surface area (Å²) < 4.78 is 0. The van der Waals surface area contributed by atoms with Crippen molar-refractivity contribution >= 4 is 5.69 Å². The molecule has 1 atom stereocenters. The van der Waals surface area contributed by atoms with E-state index in [-0.39, 0.29) is 0 Å². The minimum atomic E-state index is -0.412. The Morgan fingerprint density at radius 2 is 1.70 bits per heavy atom. The first-order chi connectivity index (χ1) is 9.38. The Labute approximate surface area is 123 Å². The highest BCUT2D eigenvalue weighted by Crippen LogP contribution is 2.38. The molecule has 0 bridgehead atoms. The zero-order valence-electron chi connectivity index (χ0n) is 13.3. The molecule has 2 nitrogen and oxygen atoms in total. The van der Waals surface area contributed by atoms with E-state index in [1.807, 2.05) is 25.1 Å². The van der Waals surface area contributed by atoms with Crippen molar-refractivity contribution < 1.29 is 5.11 Å². The highest BCUT2D eigenvalue weighted by atomic mass is 16.3. The summed E-state index contributed by atoms with van der Waals surface area (Å²) in [6.45, 7) is 8.90. The number of hydrogen-bond acceptors (Lipinski definition) is 2. The van der Waals surface area contributed by atoms with Gasteiger partial charge in [-0.25, -0.2) is 0 Å². The number of aliphatic hydroxyl groups excluding tert-OH is 1. The lowest BCUT2D eigenvalue weighted by molar-refractivity contribution is 0.173. The fourth-order valence-corrected chi connectivity index (χ4v) is 3.32. The molecule has 20 heavy (non-hydrogen) atoms. The van der Waals surface area contributed by atoms with E-state index in [0.29, 0.717) is 11.5 Å². The summed E-state index contributed by atoms with van der Waals surface area (Å²) in [5, 5.41) is 13.5. The molecule has 0 aromatic heterocycles. The third kappa shape index (κ3) is 3.76. The van der Waals surface area contributed by atoms with Crippen molar-refractivity contribution in [2.75, 3.05) is 5.32 Å². The molecule has 1 unspecified atom stereocenters. The normalized spacial score (nSPS) is 25.2. The molecule has 1 fully saturated rings. The summed E-state index contributed by atoms with van der Waals surface area (Å²) >= 11 is 0. The Morgan fingerprint density at radius 3 is 2.25 bits per heavy atom. The predicted molar refractivity (Wildman–Crippen MR) is 85.9 cm³/mol. The summed E-state index contributed by atoms with van der Waals surface area (Å²) in [5.74, 6) is 0.840. The van der Waals surface area contributed by atoms with Crippen LogP contribution in [-0.2, 0) is 0 Å². The van der Waals surface area contributed by atoms with Crippen LogP contribution in [0.3, 0.4) is 0 Å². The Morgan fingerprint density at radius 1 is 1.10 bits per heavy atom. The lowest BCUT2D eigenvalue weighted by Crippen LogP contribution is -2.31. The molecule has 0 aliphatic heterocycles. The minimum Gasteiger partial charge on any atom is -0.389 e. The van der Waals surface area contributed by atoms with Crippen LogP contribution in [0.2, 0.25) is 0 Å². The molecule has 0 heterocycles. The van der Waals surface area contributed by atoms with Gasteiger partial charge in [-0.3, -0.25) is 0 Å². The molecular formula is C18H29NO. The monoisotopic (exact) mass is 275 g/mol. The smallest absolute Gasteiger partial charge is 0.0781 e. The largest absolute Gasteiger partial charge is 0.389 e. The second-order valence-electron chi connectivity index (χ2n) is 7.32. The van der Waals surface area contributed by atoms with Crippen molar-refractivity contribution in [3.05, 3.63) is 29.8 Å². The van der Waals surface area contributed by atoms with Crippen molar-refractivity contribution in [3.8, 4) is 0 Å². The zero-order valence-corrected chi connectivity index (χ0v) is 13.3. The summed E-state index contributed by atoms with van der Waals surface area (Å²) in [6, 6.07) is 8.67. The fraction of sp³-hybridized carbons (Fsp3) is 0.667. The van der Waals surface area contributed by atoms with Crippen molar-refractivity contribution in [2.24, 2.45) is 11.3 Å². The number of anilines is 1. The van der Waals surface area contributed by atoms with Crippen LogP contribution in [-0.4, -0.2) is 11.1 Å². The Kier molecular flexibility index (Phi) is 4.74. The maximum absolute atomic E-state index is 9.84. The van der Waals surface area contributed by atoms with Crippen LogP contribution in [0.25, 0.3) is 0 Å². The summed E-state index contributed by atoms with van der Waals surface area (Å²) in [7, 11) is 0. The maximum Gasteiger partial charge on any atom is 0.0781 e. The van der Waals surface area contributed by atoms with Gasteiger partial charge in [-0.2, -0.15) is 0 Å². The van der Waals surface area contributed by atoms with Gasteiger partial charge in [0.15, 0.2) is 0 Å². The van der Waals surface area contributed by atoms with Gasteiger partial charge in [-0.05, 0) is 50.0 Å². The first-order valence-corrected chi connectivity index (χ1v) is 7.91. The van der Waals surface area contributed by atoms with Gasteiger partial charge in [0, 0.05) is 17.3 Å². The third-order valence-corrected chi connectivity index (χ3v) is 4.72. The number of nitrogens with one attached hydrogen (secondary N) is 1. The summed E-state index contributed by atoms with van der Waals surface area (Å²) in [6.07, 6.45) is 4.66. The molecule has 1 saturated carbocycles. The predicted octanol–water partition coefficient (Wildman–Crippen LogP) is 4.76. The lowest BCUT2D eigenvalue weighted by atomic mass is 9.71. The van der Waals surface area contributed by atoms with Gasteiger partial charge in [0.1, 0.15) is 0 Å². The van der Waals surface area contributed by atoms with Crippen molar-refractivity contribution in [1.82, 2.24) is 0 Å². The number of rotatable bonds is 3. The van der Waals surface area contributed by atoms with Gasteiger partial charge < -0.3 is 10.4 Å². The van der Waals surface area contributed by atoms with Crippen LogP contribution in [0.15, 0.2) is 24.3 Å². The first-order valence-electron chi connectivity index (χ1n) is 7.91. The van der Waals surface area contributed by atoms with Crippen LogP contribution in [0, 0.1) is 11.3 Å². The maximum atomic E-state index is 9.84. The molecular weight excluding hydrogens is 246 g/mol. The van der Waals surface area contributed by atoms with E-state index >= 15 is 0 Å². The van der Waals surface area contributed by atoms with Crippen molar-refractivity contribution in [1.29, 1.82) is 0 Å². The SMILES string of the molecule is CC(O)c1ccccc1NC1CCC(C(C)(C)C)CC1. The van der Waals surface area contributed by atoms with Gasteiger partial charge in [0.05, 0.1) is 6.10 Å². The summed E-state index contributed by atoms with van der Waals surface area (Å²) in [5.41, 5.74) is 2.54. The molecule has 0 amide bonds. The number of aliphatic hydroxyl groups is 1. The van der Waals surface area contributed by atoms with E-state index in [4.69, 9.17) is 0 Å². The van der Waals surface area contributed by atoms with Crippen LogP contribution in [0.5, 0.6) is 0 Å².